The second-order valence-corrected chi connectivity index (χ2v) is 2.74. The van der Waals surface area contributed by atoms with Crippen LogP contribution in [-0.2, 0) is 0 Å². The fraction of sp³-hybridized carbons (Fsp3) is 0.100. The molecule has 0 aliphatic rings. The Morgan fingerprint density at radius 1 is 1.50 bits per heavy atom. The van der Waals surface area contributed by atoms with Crippen molar-refractivity contribution in [3.63, 3.8) is 0 Å². The minimum absolute atomic E-state index is 0.552. The van der Waals surface area contributed by atoms with Gasteiger partial charge in [-0.25, -0.2) is 0 Å². The van der Waals surface area contributed by atoms with Crippen molar-refractivity contribution in [2.24, 2.45) is 0 Å². The first kappa shape index (κ1) is 9.08. The summed E-state index contributed by atoms with van der Waals surface area (Å²) < 4.78 is 0. The highest BCUT2D eigenvalue weighted by atomic mass is 35.5. The number of aliphatic hydroxyl groups excluding tert-OH is 1. The van der Waals surface area contributed by atoms with Crippen molar-refractivity contribution < 1.29 is 5.11 Å². The number of halogens is 1. The molecule has 12 heavy (non-hydrogen) atoms. The van der Waals surface area contributed by atoms with Crippen molar-refractivity contribution in [1.82, 2.24) is 0 Å². The Balaban J connectivity index is 3.02. The molecule has 0 heterocycles. The smallest absolute Gasteiger partial charge is 0.106 e. The minimum atomic E-state index is -0.712. The molecule has 0 unspecified atom stereocenters. The number of hydrogen-bond acceptors (Lipinski definition) is 1. The molecule has 0 bridgehead atoms. The summed E-state index contributed by atoms with van der Waals surface area (Å²) >= 11 is 5.83. The maximum absolute atomic E-state index is 9.46. The molecule has 0 radical (unpaired) electrons. The molecule has 1 aromatic carbocycles. The van der Waals surface area contributed by atoms with E-state index in [1.165, 1.54) is 6.08 Å². The third kappa shape index (κ3) is 1.99. The molecule has 1 atom stereocenters. The molecular weight excluding hydrogens is 172 g/mol. The monoisotopic (exact) mass is 180 g/mol. The van der Waals surface area contributed by atoms with Crippen LogP contribution < -0.4 is 0 Å². The van der Waals surface area contributed by atoms with E-state index < -0.39 is 6.10 Å². The van der Waals surface area contributed by atoms with Crippen LogP contribution in [0.3, 0.4) is 0 Å². The summed E-state index contributed by atoms with van der Waals surface area (Å²) in [6.07, 6.45) is 0.748. The number of hydrogen-bond donors (Lipinski definition) is 1. The van der Waals surface area contributed by atoms with E-state index in [4.69, 9.17) is 11.6 Å². The van der Waals surface area contributed by atoms with E-state index >= 15 is 0 Å². The summed E-state index contributed by atoms with van der Waals surface area (Å²) in [6, 6.07) is 7.13. The molecular formula is C10H9ClO. The maximum atomic E-state index is 9.46. The Labute approximate surface area is 76.6 Å². The summed E-state index contributed by atoms with van der Waals surface area (Å²) in [6.45, 7) is 3.37. The third-order valence-electron chi connectivity index (χ3n) is 1.50. The highest BCUT2D eigenvalue weighted by molar-refractivity contribution is 6.31. The molecule has 1 N–H and O–H groups in total. The van der Waals surface area contributed by atoms with Gasteiger partial charge in [-0.1, -0.05) is 36.4 Å². The Morgan fingerprint density at radius 2 is 2.17 bits per heavy atom. The average molecular weight is 181 g/mol. The second kappa shape index (κ2) is 4.13. The van der Waals surface area contributed by atoms with Crippen LogP contribution in [0.4, 0.5) is 0 Å². The van der Waals surface area contributed by atoms with Gasteiger partial charge in [-0.2, -0.15) is 0 Å². The highest BCUT2D eigenvalue weighted by Crippen LogP contribution is 2.22. The van der Waals surface area contributed by atoms with Crippen LogP contribution >= 0.6 is 11.6 Å². The Kier molecular flexibility index (Phi) is 3.12. The van der Waals surface area contributed by atoms with Gasteiger partial charge in [-0.05, 0) is 12.1 Å². The zero-order valence-electron chi connectivity index (χ0n) is 6.50. The zero-order valence-corrected chi connectivity index (χ0v) is 7.25. The quantitative estimate of drug-likeness (QED) is 0.694. The summed E-state index contributed by atoms with van der Waals surface area (Å²) in [5, 5.41) is 10.0. The maximum Gasteiger partial charge on any atom is 0.106 e. The number of aliphatic hydroxyl groups is 1. The predicted molar refractivity (Wildman–Crippen MR) is 50.1 cm³/mol. The number of rotatable bonds is 2. The van der Waals surface area contributed by atoms with E-state index in [-0.39, 0.29) is 0 Å². The summed E-state index contributed by atoms with van der Waals surface area (Å²) in [7, 11) is 0. The van der Waals surface area contributed by atoms with Gasteiger partial charge >= 0.3 is 0 Å². The fourth-order valence-electron chi connectivity index (χ4n) is 0.916. The van der Waals surface area contributed by atoms with Crippen LogP contribution in [0.1, 0.15) is 11.7 Å². The van der Waals surface area contributed by atoms with Gasteiger partial charge in [0, 0.05) is 10.6 Å². The lowest BCUT2D eigenvalue weighted by Crippen LogP contribution is -1.92. The molecule has 0 aliphatic heterocycles. The van der Waals surface area contributed by atoms with Gasteiger partial charge in [0.25, 0.3) is 0 Å². The third-order valence-corrected chi connectivity index (χ3v) is 1.84. The van der Waals surface area contributed by atoms with E-state index in [1.807, 2.05) is 12.1 Å². The van der Waals surface area contributed by atoms with E-state index in [0.29, 0.717) is 10.6 Å². The van der Waals surface area contributed by atoms with Gasteiger partial charge in [0.1, 0.15) is 6.10 Å². The van der Waals surface area contributed by atoms with Crippen LogP contribution in [0, 0.1) is 0 Å². The lowest BCUT2D eigenvalue weighted by molar-refractivity contribution is 0.229. The van der Waals surface area contributed by atoms with Crippen LogP contribution in [0.15, 0.2) is 42.7 Å². The first-order chi connectivity index (χ1) is 5.75. The molecule has 0 saturated carbocycles. The highest BCUT2D eigenvalue weighted by Gasteiger charge is 2.05. The molecule has 62 valence electrons. The first-order valence-corrected chi connectivity index (χ1v) is 3.92. The summed E-state index contributed by atoms with van der Waals surface area (Å²) in [5.74, 6) is 0. The normalized spacial score (nSPS) is 11.8. The Bertz CT molecular complexity index is 313. The van der Waals surface area contributed by atoms with Crippen LogP contribution in [0.25, 0.3) is 0 Å². The lowest BCUT2D eigenvalue weighted by Gasteiger charge is -2.05. The van der Waals surface area contributed by atoms with Crippen molar-refractivity contribution in [3.8, 4) is 0 Å². The van der Waals surface area contributed by atoms with Gasteiger partial charge in [0.15, 0.2) is 0 Å². The molecule has 0 amide bonds. The van der Waals surface area contributed by atoms with E-state index in [0.717, 1.165) is 0 Å². The minimum Gasteiger partial charge on any atom is -0.384 e. The van der Waals surface area contributed by atoms with Gasteiger partial charge in [-0.15, -0.1) is 5.73 Å². The second-order valence-electron chi connectivity index (χ2n) is 2.34. The molecule has 1 aromatic rings. The van der Waals surface area contributed by atoms with E-state index in [1.54, 1.807) is 12.1 Å². The molecule has 0 saturated heterocycles. The molecule has 1 rings (SSSR count). The topological polar surface area (TPSA) is 20.2 Å². The molecule has 1 nitrogen and oxygen atoms in total. The Hall–Kier alpha value is -1.01. The first-order valence-electron chi connectivity index (χ1n) is 3.54. The van der Waals surface area contributed by atoms with Crippen LogP contribution in [0.2, 0.25) is 5.02 Å². The van der Waals surface area contributed by atoms with Gasteiger partial charge in [0.2, 0.25) is 0 Å². The van der Waals surface area contributed by atoms with Crippen molar-refractivity contribution in [2.45, 2.75) is 6.10 Å². The van der Waals surface area contributed by atoms with Crippen LogP contribution in [0.5, 0.6) is 0 Å². The van der Waals surface area contributed by atoms with Crippen molar-refractivity contribution in [3.05, 3.63) is 53.2 Å². The molecule has 0 spiro atoms. The van der Waals surface area contributed by atoms with Crippen molar-refractivity contribution in [2.75, 3.05) is 0 Å². The SMILES string of the molecule is C=C=C[C@@H](O)c1ccccc1Cl. The number of benzene rings is 1. The standard InChI is InChI=1S/C10H9ClO/c1-2-5-10(12)8-6-3-4-7-9(8)11/h3-7,10,12H,1H2/t10-/m1/s1. The molecule has 0 aliphatic carbocycles. The molecule has 0 fully saturated rings. The average Bonchev–Trinajstić information content (AvgIpc) is 2.05. The van der Waals surface area contributed by atoms with Crippen molar-refractivity contribution in [1.29, 1.82) is 0 Å². The van der Waals surface area contributed by atoms with E-state index in [9.17, 15) is 5.11 Å². The fourth-order valence-corrected chi connectivity index (χ4v) is 1.16. The lowest BCUT2D eigenvalue weighted by atomic mass is 10.1. The largest absolute Gasteiger partial charge is 0.384 e. The molecule has 0 aromatic heterocycles. The Morgan fingerprint density at radius 3 is 2.75 bits per heavy atom. The van der Waals surface area contributed by atoms with Crippen LogP contribution in [-0.4, -0.2) is 5.11 Å². The van der Waals surface area contributed by atoms with Gasteiger partial charge in [-0.3, -0.25) is 0 Å². The molecule has 2 heteroatoms. The van der Waals surface area contributed by atoms with Crippen molar-refractivity contribution >= 4 is 11.6 Å². The zero-order chi connectivity index (χ0) is 8.97. The van der Waals surface area contributed by atoms with Gasteiger partial charge < -0.3 is 5.11 Å². The predicted octanol–water partition coefficient (Wildman–Crippen LogP) is 2.71. The summed E-state index contributed by atoms with van der Waals surface area (Å²) in [4.78, 5) is 0. The summed E-state index contributed by atoms with van der Waals surface area (Å²) in [5.41, 5.74) is 3.19. The van der Waals surface area contributed by atoms with E-state index in [2.05, 4.69) is 12.3 Å². The van der Waals surface area contributed by atoms with Gasteiger partial charge in [0.05, 0.1) is 0 Å².